The fraction of sp³-hybridized carbons (Fsp3) is 0.412. The maximum atomic E-state index is 12.6. The van der Waals surface area contributed by atoms with E-state index < -0.39 is 6.10 Å². The summed E-state index contributed by atoms with van der Waals surface area (Å²) in [5, 5.41) is 14.9. The van der Waals surface area contributed by atoms with Crippen LogP contribution in [0.1, 0.15) is 28.9 Å². The van der Waals surface area contributed by atoms with E-state index >= 15 is 0 Å². The molecule has 1 unspecified atom stereocenters. The molecule has 0 radical (unpaired) electrons. The van der Waals surface area contributed by atoms with Crippen molar-refractivity contribution in [3.05, 3.63) is 46.7 Å². The number of halogens is 1. The molecule has 1 heterocycles. The van der Waals surface area contributed by atoms with Crippen molar-refractivity contribution >= 4 is 17.5 Å². The first kappa shape index (κ1) is 16.0. The lowest BCUT2D eigenvalue weighted by Crippen LogP contribution is -2.35. The molecule has 0 spiro atoms. The Morgan fingerprint density at radius 3 is 2.91 bits per heavy atom. The van der Waals surface area contributed by atoms with E-state index in [1.807, 2.05) is 19.1 Å². The molecule has 1 aromatic heterocycles. The minimum Gasteiger partial charge on any atom is -0.391 e. The summed E-state index contributed by atoms with van der Waals surface area (Å²) in [6.07, 6.45) is 3.23. The lowest BCUT2D eigenvalue weighted by molar-refractivity contribution is 0.0644. The van der Waals surface area contributed by atoms with Gasteiger partial charge in [0.2, 0.25) is 0 Å². The number of hydrogen-bond acceptors (Lipinski definition) is 3. The highest BCUT2D eigenvalue weighted by Gasteiger charge is 2.31. The highest BCUT2D eigenvalue weighted by atomic mass is 35.5. The molecule has 122 valence electrons. The number of rotatable bonds is 5. The molecule has 23 heavy (non-hydrogen) atoms. The molecule has 1 aliphatic carbocycles. The van der Waals surface area contributed by atoms with Crippen LogP contribution in [0.2, 0.25) is 5.02 Å². The number of carbonyl (C=O) groups excluding carboxylic acids is 1. The molecular formula is C17H20ClN3O2. The minimum absolute atomic E-state index is 0.129. The van der Waals surface area contributed by atoms with Crippen molar-refractivity contribution in [1.29, 1.82) is 0 Å². The van der Waals surface area contributed by atoms with E-state index in [1.165, 1.54) is 0 Å². The van der Waals surface area contributed by atoms with E-state index in [2.05, 4.69) is 5.10 Å². The van der Waals surface area contributed by atoms with Crippen LogP contribution in [0.3, 0.4) is 0 Å². The highest BCUT2D eigenvalue weighted by Crippen LogP contribution is 2.32. The molecule has 1 N–H and O–H groups in total. The van der Waals surface area contributed by atoms with Gasteiger partial charge in [-0.15, -0.1) is 0 Å². The Kier molecular flexibility index (Phi) is 4.41. The molecule has 3 rings (SSSR count). The minimum atomic E-state index is -0.438. The Bertz CT molecular complexity index is 724. The third kappa shape index (κ3) is 3.41. The first-order chi connectivity index (χ1) is 11.0. The van der Waals surface area contributed by atoms with Crippen LogP contribution in [-0.2, 0) is 0 Å². The largest absolute Gasteiger partial charge is 0.391 e. The van der Waals surface area contributed by atoms with Gasteiger partial charge in [-0.05, 0) is 43.9 Å². The van der Waals surface area contributed by atoms with Crippen molar-refractivity contribution in [2.45, 2.75) is 25.9 Å². The second kappa shape index (κ2) is 6.34. The number of nitrogens with zero attached hydrogens (tertiary/aromatic N) is 3. The molecule has 6 heteroatoms. The number of benzene rings is 1. The third-order valence-electron chi connectivity index (χ3n) is 4.27. The van der Waals surface area contributed by atoms with E-state index in [-0.39, 0.29) is 5.91 Å². The summed E-state index contributed by atoms with van der Waals surface area (Å²) in [4.78, 5) is 14.2. The van der Waals surface area contributed by atoms with Gasteiger partial charge >= 0.3 is 0 Å². The maximum Gasteiger partial charge on any atom is 0.257 e. The zero-order chi connectivity index (χ0) is 16.6. The predicted molar refractivity (Wildman–Crippen MR) is 89.0 cm³/mol. The average molecular weight is 334 g/mol. The van der Waals surface area contributed by atoms with Gasteiger partial charge in [0, 0.05) is 18.6 Å². The first-order valence-corrected chi connectivity index (χ1v) is 8.09. The maximum absolute atomic E-state index is 12.6. The second-order valence-electron chi connectivity index (χ2n) is 6.13. The first-order valence-electron chi connectivity index (χ1n) is 7.71. The second-order valence-corrected chi connectivity index (χ2v) is 6.56. The van der Waals surface area contributed by atoms with Crippen molar-refractivity contribution in [2.75, 3.05) is 13.6 Å². The van der Waals surface area contributed by atoms with Gasteiger partial charge < -0.3 is 10.0 Å². The van der Waals surface area contributed by atoms with Crippen LogP contribution in [0, 0.1) is 12.8 Å². The monoisotopic (exact) mass is 333 g/mol. The number of aliphatic hydroxyl groups excluding tert-OH is 1. The smallest absolute Gasteiger partial charge is 0.257 e. The fourth-order valence-electron chi connectivity index (χ4n) is 2.69. The lowest BCUT2D eigenvalue weighted by Gasteiger charge is -2.20. The summed E-state index contributed by atoms with van der Waals surface area (Å²) < 4.78 is 1.70. The summed E-state index contributed by atoms with van der Waals surface area (Å²) in [5.41, 5.74) is 2.11. The van der Waals surface area contributed by atoms with Gasteiger partial charge in [0.25, 0.3) is 5.91 Å². The Morgan fingerprint density at radius 2 is 2.26 bits per heavy atom. The lowest BCUT2D eigenvalue weighted by atomic mass is 10.2. The van der Waals surface area contributed by atoms with E-state index in [0.717, 1.165) is 24.2 Å². The molecule has 2 aromatic rings. The molecule has 1 aromatic carbocycles. The zero-order valence-electron chi connectivity index (χ0n) is 13.2. The number of amides is 1. The van der Waals surface area contributed by atoms with Gasteiger partial charge in [-0.2, -0.15) is 5.10 Å². The summed E-state index contributed by atoms with van der Waals surface area (Å²) in [6, 6.07) is 7.33. The molecule has 5 nitrogen and oxygen atoms in total. The van der Waals surface area contributed by atoms with Crippen LogP contribution in [0.25, 0.3) is 5.69 Å². The van der Waals surface area contributed by atoms with Crippen LogP contribution in [0.15, 0.2) is 30.5 Å². The Labute approximate surface area is 140 Å². The van der Waals surface area contributed by atoms with Gasteiger partial charge in [-0.3, -0.25) is 4.79 Å². The molecule has 0 bridgehead atoms. The van der Waals surface area contributed by atoms with Crippen molar-refractivity contribution < 1.29 is 9.90 Å². The third-order valence-corrected chi connectivity index (χ3v) is 4.50. The van der Waals surface area contributed by atoms with Gasteiger partial charge in [0.05, 0.1) is 29.2 Å². The summed E-state index contributed by atoms with van der Waals surface area (Å²) in [5.74, 6) is 0.219. The summed E-state index contributed by atoms with van der Waals surface area (Å²) >= 11 is 6.02. The molecule has 1 saturated carbocycles. The van der Waals surface area contributed by atoms with Gasteiger partial charge in [-0.25, -0.2) is 4.68 Å². The number of carbonyl (C=O) groups is 1. The number of likely N-dealkylation sites (N-methyl/N-ethyl adjacent to an activating group) is 1. The average Bonchev–Trinajstić information content (AvgIpc) is 3.30. The molecule has 1 atom stereocenters. The summed E-state index contributed by atoms with van der Waals surface area (Å²) in [7, 11) is 1.71. The van der Waals surface area contributed by atoms with Crippen molar-refractivity contribution in [1.82, 2.24) is 14.7 Å². The van der Waals surface area contributed by atoms with E-state index in [1.54, 1.807) is 35.0 Å². The quantitative estimate of drug-likeness (QED) is 0.915. The van der Waals surface area contributed by atoms with Crippen molar-refractivity contribution in [2.24, 2.45) is 5.92 Å². The van der Waals surface area contributed by atoms with Gasteiger partial charge in [0.15, 0.2) is 0 Å². The van der Waals surface area contributed by atoms with Crippen LogP contribution in [0.4, 0.5) is 0 Å². The van der Waals surface area contributed by atoms with Crippen LogP contribution >= 0.6 is 11.6 Å². The van der Waals surface area contributed by atoms with Crippen molar-refractivity contribution in [3.63, 3.8) is 0 Å². The summed E-state index contributed by atoms with van der Waals surface area (Å²) in [6.45, 7) is 2.21. The number of hydrogen-bond donors (Lipinski definition) is 1. The van der Waals surface area contributed by atoms with E-state index in [4.69, 9.17) is 11.6 Å². The molecule has 0 aliphatic heterocycles. The number of aromatic nitrogens is 2. The van der Waals surface area contributed by atoms with Crippen LogP contribution in [-0.4, -0.2) is 45.4 Å². The van der Waals surface area contributed by atoms with Crippen LogP contribution in [0.5, 0.6) is 0 Å². The SMILES string of the molecule is Cc1c(C(=O)N(C)CC(O)C2CC2)cnn1-c1cccc(Cl)c1. The number of aliphatic hydroxyl groups is 1. The molecule has 0 saturated heterocycles. The van der Waals surface area contributed by atoms with Gasteiger partial charge in [0.1, 0.15) is 0 Å². The predicted octanol–water partition coefficient (Wildman–Crippen LogP) is 2.68. The Balaban J connectivity index is 1.79. The topological polar surface area (TPSA) is 58.4 Å². The molecular weight excluding hydrogens is 314 g/mol. The molecule has 1 fully saturated rings. The fourth-order valence-corrected chi connectivity index (χ4v) is 2.87. The standard InChI is InChI=1S/C17H20ClN3O2/c1-11-15(17(23)20(2)10-16(22)12-6-7-12)9-19-21(11)14-5-3-4-13(18)8-14/h3-5,8-9,12,16,22H,6-7,10H2,1-2H3. The Hall–Kier alpha value is -1.85. The normalized spacial score (nSPS) is 15.5. The van der Waals surface area contributed by atoms with Crippen molar-refractivity contribution in [3.8, 4) is 5.69 Å². The Morgan fingerprint density at radius 1 is 1.52 bits per heavy atom. The highest BCUT2D eigenvalue weighted by molar-refractivity contribution is 6.30. The molecule has 1 amide bonds. The van der Waals surface area contributed by atoms with E-state index in [0.29, 0.717) is 23.0 Å². The van der Waals surface area contributed by atoms with Crippen LogP contribution < -0.4 is 0 Å². The molecule has 1 aliphatic rings. The van der Waals surface area contributed by atoms with Gasteiger partial charge in [-0.1, -0.05) is 17.7 Å². The zero-order valence-corrected chi connectivity index (χ0v) is 14.0. The van der Waals surface area contributed by atoms with E-state index in [9.17, 15) is 9.90 Å².